The van der Waals surface area contributed by atoms with Crippen LogP contribution in [0.3, 0.4) is 0 Å². The van der Waals surface area contributed by atoms with Gasteiger partial charge in [-0.1, -0.05) is 0 Å². The third-order valence-electron chi connectivity index (χ3n) is 4.61. The number of carbonyl (C=O) groups excluding carboxylic acids is 1. The molecule has 102 valence electrons. The molecule has 0 amide bonds. The Morgan fingerprint density at radius 2 is 2.00 bits per heavy atom. The number of aliphatic hydroxyl groups is 2. The van der Waals surface area contributed by atoms with Crippen molar-refractivity contribution in [1.29, 1.82) is 0 Å². The molecule has 2 N–H and O–H groups in total. The van der Waals surface area contributed by atoms with Crippen LogP contribution in [0, 0.1) is 17.8 Å². The van der Waals surface area contributed by atoms with Crippen LogP contribution in [0.25, 0.3) is 0 Å². The van der Waals surface area contributed by atoms with Crippen LogP contribution in [0.15, 0.2) is 0 Å². The fourth-order valence-electron chi connectivity index (χ4n) is 3.59. The molecule has 3 rings (SSSR count). The van der Waals surface area contributed by atoms with E-state index in [1.165, 1.54) is 0 Å². The molecule has 6 atom stereocenters. The Morgan fingerprint density at radius 3 is 2.61 bits per heavy atom. The third kappa shape index (κ3) is 2.04. The van der Waals surface area contributed by atoms with E-state index in [1.54, 1.807) is 0 Å². The number of hydrogen-bond donors (Lipinski definition) is 2. The molecule has 5 heteroatoms. The number of aliphatic hydroxyl groups excluding tert-OH is 2. The van der Waals surface area contributed by atoms with Crippen molar-refractivity contribution in [3.05, 3.63) is 0 Å². The molecule has 3 aliphatic rings. The van der Waals surface area contributed by atoms with Crippen LogP contribution in [0.2, 0.25) is 0 Å². The van der Waals surface area contributed by atoms with Gasteiger partial charge in [-0.3, -0.25) is 4.79 Å². The zero-order valence-corrected chi connectivity index (χ0v) is 10.3. The average Bonchev–Trinajstić information content (AvgIpc) is 2.92. The molecule has 0 aromatic carbocycles. The summed E-state index contributed by atoms with van der Waals surface area (Å²) in [6, 6.07) is 0. The third-order valence-corrected chi connectivity index (χ3v) is 4.61. The molecule has 2 aliphatic carbocycles. The Kier molecular flexibility index (Phi) is 3.30. The van der Waals surface area contributed by atoms with E-state index in [0.29, 0.717) is 13.0 Å². The highest BCUT2D eigenvalue weighted by Crippen LogP contribution is 2.49. The summed E-state index contributed by atoms with van der Waals surface area (Å²) in [5.74, 6) is -0.616. The first-order valence-corrected chi connectivity index (χ1v) is 6.85. The van der Waals surface area contributed by atoms with Gasteiger partial charge in [-0.25, -0.2) is 0 Å². The van der Waals surface area contributed by atoms with Gasteiger partial charge in [0.2, 0.25) is 6.29 Å². The van der Waals surface area contributed by atoms with Crippen LogP contribution in [0.5, 0.6) is 0 Å². The lowest BCUT2D eigenvalue weighted by atomic mass is 9.85. The lowest BCUT2D eigenvalue weighted by molar-refractivity contribution is -0.195. The largest absolute Gasteiger partial charge is 0.436 e. The molecule has 5 nitrogen and oxygen atoms in total. The van der Waals surface area contributed by atoms with Crippen molar-refractivity contribution in [3.8, 4) is 0 Å². The molecule has 1 saturated heterocycles. The van der Waals surface area contributed by atoms with Crippen LogP contribution in [0.1, 0.15) is 32.1 Å². The summed E-state index contributed by atoms with van der Waals surface area (Å²) >= 11 is 0. The molecular weight excluding hydrogens is 236 g/mol. The van der Waals surface area contributed by atoms with Crippen molar-refractivity contribution in [2.45, 2.75) is 50.6 Å². The van der Waals surface area contributed by atoms with E-state index in [-0.39, 0.29) is 23.7 Å². The van der Waals surface area contributed by atoms with E-state index in [9.17, 15) is 15.0 Å². The molecule has 1 aliphatic heterocycles. The quantitative estimate of drug-likeness (QED) is 0.701. The van der Waals surface area contributed by atoms with Crippen molar-refractivity contribution in [1.82, 2.24) is 0 Å². The highest BCUT2D eigenvalue weighted by molar-refractivity contribution is 5.73. The summed E-state index contributed by atoms with van der Waals surface area (Å²) in [6.45, 7) is 0.649. The van der Waals surface area contributed by atoms with Crippen molar-refractivity contribution in [2.75, 3.05) is 6.61 Å². The van der Waals surface area contributed by atoms with E-state index in [1.807, 2.05) is 0 Å². The van der Waals surface area contributed by atoms with Gasteiger partial charge in [-0.05, 0) is 31.6 Å². The van der Waals surface area contributed by atoms with E-state index in [0.717, 1.165) is 25.7 Å². The predicted octanol–water partition coefficient (Wildman–Crippen LogP) is 0.434. The summed E-state index contributed by atoms with van der Waals surface area (Å²) in [5, 5.41) is 19.5. The number of carbonyl (C=O) groups is 1. The monoisotopic (exact) mass is 256 g/mol. The molecule has 3 fully saturated rings. The van der Waals surface area contributed by atoms with Crippen LogP contribution < -0.4 is 0 Å². The second-order valence-electron chi connectivity index (χ2n) is 5.72. The minimum Gasteiger partial charge on any atom is -0.436 e. The maximum absolute atomic E-state index is 12.1. The van der Waals surface area contributed by atoms with Gasteiger partial charge in [0.1, 0.15) is 0 Å². The molecule has 0 aromatic rings. The lowest BCUT2D eigenvalue weighted by Gasteiger charge is -2.30. The smallest absolute Gasteiger partial charge is 0.311 e. The Bertz CT molecular complexity index is 323. The molecule has 6 unspecified atom stereocenters. The Morgan fingerprint density at radius 1 is 1.17 bits per heavy atom. The van der Waals surface area contributed by atoms with Crippen molar-refractivity contribution in [3.63, 3.8) is 0 Å². The predicted molar refractivity (Wildman–Crippen MR) is 61.4 cm³/mol. The molecule has 2 bridgehead atoms. The van der Waals surface area contributed by atoms with E-state index >= 15 is 0 Å². The Balaban J connectivity index is 1.57. The minimum absolute atomic E-state index is 0.0508. The van der Waals surface area contributed by atoms with Gasteiger partial charge < -0.3 is 19.7 Å². The van der Waals surface area contributed by atoms with Gasteiger partial charge >= 0.3 is 5.97 Å². The van der Waals surface area contributed by atoms with Gasteiger partial charge in [0.05, 0.1) is 24.7 Å². The summed E-state index contributed by atoms with van der Waals surface area (Å²) in [6.07, 6.45) is 2.33. The zero-order valence-electron chi connectivity index (χ0n) is 10.3. The fraction of sp³-hybridized carbons (Fsp3) is 0.923. The lowest BCUT2D eigenvalue weighted by Crippen LogP contribution is -2.41. The second kappa shape index (κ2) is 4.79. The minimum atomic E-state index is -0.770. The highest BCUT2D eigenvalue weighted by Gasteiger charge is 2.54. The number of ether oxygens (including phenoxy) is 2. The first kappa shape index (κ1) is 12.4. The standard InChI is InChI=1S/C13H20O5/c14-11-7-5-8(12(11)15)9(6-7)13(16)18-10-3-1-2-4-17-10/h7-12,14-15H,1-6H2. The molecule has 1 heterocycles. The van der Waals surface area contributed by atoms with Gasteiger partial charge in [-0.15, -0.1) is 0 Å². The average molecular weight is 256 g/mol. The number of esters is 1. The summed E-state index contributed by atoms with van der Waals surface area (Å²) in [7, 11) is 0. The second-order valence-corrected chi connectivity index (χ2v) is 5.72. The van der Waals surface area contributed by atoms with Crippen LogP contribution >= 0.6 is 0 Å². The fourth-order valence-corrected chi connectivity index (χ4v) is 3.59. The molecular formula is C13H20O5. The van der Waals surface area contributed by atoms with E-state index in [2.05, 4.69) is 0 Å². The van der Waals surface area contributed by atoms with Crippen LogP contribution in [0.4, 0.5) is 0 Å². The Labute approximate surface area is 106 Å². The first-order valence-electron chi connectivity index (χ1n) is 6.85. The van der Waals surface area contributed by atoms with Gasteiger partial charge in [0.25, 0.3) is 0 Å². The number of rotatable bonds is 2. The van der Waals surface area contributed by atoms with Crippen LogP contribution in [-0.4, -0.2) is 41.3 Å². The molecule has 2 saturated carbocycles. The maximum atomic E-state index is 12.1. The maximum Gasteiger partial charge on any atom is 0.311 e. The Hall–Kier alpha value is -0.650. The topological polar surface area (TPSA) is 76.0 Å². The SMILES string of the molecule is O=C(OC1CCCCO1)C1CC2CC1C(O)C2O. The molecule has 0 spiro atoms. The summed E-state index contributed by atoms with van der Waals surface area (Å²) < 4.78 is 10.7. The molecule has 0 radical (unpaired) electrons. The zero-order chi connectivity index (χ0) is 12.7. The summed E-state index contributed by atoms with van der Waals surface area (Å²) in [4.78, 5) is 12.1. The van der Waals surface area contributed by atoms with Crippen molar-refractivity contribution >= 4 is 5.97 Å². The van der Waals surface area contributed by atoms with E-state index in [4.69, 9.17) is 9.47 Å². The van der Waals surface area contributed by atoms with Crippen LogP contribution in [-0.2, 0) is 14.3 Å². The number of fused-ring (bicyclic) bond motifs is 2. The first-order chi connectivity index (χ1) is 8.66. The summed E-state index contributed by atoms with van der Waals surface area (Å²) in [5.41, 5.74) is 0. The van der Waals surface area contributed by atoms with Gasteiger partial charge in [0.15, 0.2) is 0 Å². The molecule has 0 aromatic heterocycles. The van der Waals surface area contributed by atoms with Gasteiger partial charge in [0, 0.05) is 12.3 Å². The number of hydrogen-bond acceptors (Lipinski definition) is 5. The normalized spacial score (nSPS) is 47.2. The van der Waals surface area contributed by atoms with Crippen molar-refractivity contribution < 1.29 is 24.5 Å². The van der Waals surface area contributed by atoms with Gasteiger partial charge in [-0.2, -0.15) is 0 Å². The molecule has 18 heavy (non-hydrogen) atoms. The van der Waals surface area contributed by atoms with E-state index < -0.39 is 18.5 Å². The van der Waals surface area contributed by atoms with Crippen molar-refractivity contribution in [2.24, 2.45) is 17.8 Å². The highest BCUT2D eigenvalue weighted by atomic mass is 16.7.